The SMILES string of the molecule is CCOc1ccc(C2/C(=C(\O)c3ccc(OCc4ccccc4)cc3C)C(=O)C(=O)N2CCOC)cc1OC. The molecule has 0 spiro atoms. The van der Waals surface area contributed by atoms with Crippen molar-refractivity contribution in [2.75, 3.05) is 34.0 Å². The molecule has 204 valence electrons. The smallest absolute Gasteiger partial charge is 0.295 e. The quantitative estimate of drug-likeness (QED) is 0.210. The lowest BCUT2D eigenvalue weighted by Gasteiger charge is -2.26. The Morgan fingerprint density at radius 3 is 2.38 bits per heavy atom. The fraction of sp³-hybridized carbons (Fsp3) is 0.290. The number of aliphatic hydroxyl groups excluding tert-OH is 1. The summed E-state index contributed by atoms with van der Waals surface area (Å²) in [6, 6.07) is 19.4. The third-order valence-electron chi connectivity index (χ3n) is 6.58. The molecule has 1 atom stereocenters. The van der Waals surface area contributed by atoms with E-state index in [2.05, 4.69) is 0 Å². The molecule has 1 unspecified atom stereocenters. The van der Waals surface area contributed by atoms with Gasteiger partial charge in [-0.15, -0.1) is 0 Å². The van der Waals surface area contributed by atoms with Gasteiger partial charge in [0.05, 0.1) is 31.9 Å². The van der Waals surface area contributed by atoms with E-state index in [1.807, 2.05) is 44.2 Å². The normalized spacial score (nSPS) is 16.4. The van der Waals surface area contributed by atoms with Crippen LogP contribution in [0.5, 0.6) is 17.2 Å². The van der Waals surface area contributed by atoms with E-state index in [0.29, 0.717) is 47.2 Å². The molecule has 3 aromatic rings. The summed E-state index contributed by atoms with van der Waals surface area (Å²) in [6.07, 6.45) is 0. The van der Waals surface area contributed by atoms with Crippen LogP contribution in [0.15, 0.2) is 72.3 Å². The number of Topliss-reactive ketones (excluding diaryl/α,β-unsaturated/α-hetero) is 1. The summed E-state index contributed by atoms with van der Waals surface area (Å²) in [6.45, 7) is 4.93. The molecule has 0 bridgehead atoms. The molecule has 0 saturated carbocycles. The summed E-state index contributed by atoms with van der Waals surface area (Å²) in [5.74, 6) is -0.0843. The highest BCUT2D eigenvalue weighted by molar-refractivity contribution is 6.46. The predicted molar refractivity (Wildman–Crippen MR) is 147 cm³/mol. The number of hydrogen-bond donors (Lipinski definition) is 1. The number of carbonyl (C=O) groups is 2. The lowest BCUT2D eigenvalue weighted by Crippen LogP contribution is -2.32. The second kappa shape index (κ2) is 12.5. The van der Waals surface area contributed by atoms with Gasteiger partial charge in [0.25, 0.3) is 11.7 Å². The van der Waals surface area contributed by atoms with Crippen LogP contribution in [0.25, 0.3) is 5.76 Å². The maximum atomic E-state index is 13.3. The summed E-state index contributed by atoms with van der Waals surface area (Å²) in [7, 11) is 3.05. The highest BCUT2D eigenvalue weighted by Gasteiger charge is 2.46. The molecule has 8 nitrogen and oxygen atoms in total. The number of amides is 1. The van der Waals surface area contributed by atoms with Crippen LogP contribution >= 0.6 is 0 Å². The third kappa shape index (κ3) is 5.91. The molecule has 1 amide bonds. The Morgan fingerprint density at radius 1 is 0.949 bits per heavy atom. The van der Waals surface area contributed by atoms with Gasteiger partial charge in [-0.05, 0) is 60.9 Å². The summed E-state index contributed by atoms with van der Waals surface area (Å²) in [5, 5.41) is 11.5. The molecule has 1 N–H and O–H groups in total. The monoisotopic (exact) mass is 531 g/mol. The van der Waals surface area contributed by atoms with E-state index in [1.165, 1.54) is 19.1 Å². The van der Waals surface area contributed by atoms with Crippen molar-refractivity contribution in [2.24, 2.45) is 0 Å². The van der Waals surface area contributed by atoms with Gasteiger partial charge in [-0.25, -0.2) is 0 Å². The second-order valence-electron chi connectivity index (χ2n) is 9.08. The number of methoxy groups -OCH3 is 2. The van der Waals surface area contributed by atoms with Crippen LogP contribution in [0, 0.1) is 6.92 Å². The minimum atomic E-state index is -0.835. The minimum Gasteiger partial charge on any atom is -0.507 e. The van der Waals surface area contributed by atoms with Gasteiger partial charge in [0.2, 0.25) is 0 Å². The molecule has 4 rings (SSSR count). The lowest BCUT2D eigenvalue weighted by molar-refractivity contribution is -0.140. The van der Waals surface area contributed by atoms with Crippen LogP contribution in [-0.2, 0) is 20.9 Å². The van der Waals surface area contributed by atoms with E-state index in [4.69, 9.17) is 18.9 Å². The van der Waals surface area contributed by atoms with Crippen molar-refractivity contribution in [1.29, 1.82) is 0 Å². The Bertz CT molecular complexity index is 1370. The number of nitrogens with zero attached hydrogens (tertiary/aromatic N) is 1. The van der Waals surface area contributed by atoms with Gasteiger partial charge in [-0.1, -0.05) is 36.4 Å². The van der Waals surface area contributed by atoms with Crippen molar-refractivity contribution in [1.82, 2.24) is 4.90 Å². The maximum absolute atomic E-state index is 13.3. The summed E-state index contributed by atoms with van der Waals surface area (Å²) >= 11 is 0. The van der Waals surface area contributed by atoms with E-state index in [0.717, 1.165) is 5.56 Å². The Balaban J connectivity index is 1.74. The van der Waals surface area contributed by atoms with Crippen molar-refractivity contribution >= 4 is 17.4 Å². The first-order valence-electron chi connectivity index (χ1n) is 12.7. The van der Waals surface area contributed by atoms with Crippen molar-refractivity contribution in [2.45, 2.75) is 26.5 Å². The Kier molecular flexibility index (Phi) is 8.88. The lowest BCUT2D eigenvalue weighted by atomic mass is 9.93. The first-order valence-corrected chi connectivity index (χ1v) is 12.7. The number of benzene rings is 3. The zero-order valence-corrected chi connectivity index (χ0v) is 22.6. The van der Waals surface area contributed by atoms with Gasteiger partial charge in [-0.3, -0.25) is 9.59 Å². The van der Waals surface area contributed by atoms with Crippen molar-refractivity contribution in [3.63, 3.8) is 0 Å². The summed E-state index contributed by atoms with van der Waals surface area (Å²) in [4.78, 5) is 27.8. The van der Waals surface area contributed by atoms with Crippen LogP contribution in [0.3, 0.4) is 0 Å². The Hall–Kier alpha value is -4.30. The number of aryl methyl sites for hydroxylation is 1. The maximum Gasteiger partial charge on any atom is 0.295 e. The third-order valence-corrected chi connectivity index (χ3v) is 6.58. The van der Waals surface area contributed by atoms with Crippen LogP contribution in [0.4, 0.5) is 0 Å². The van der Waals surface area contributed by atoms with E-state index >= 15 is 0 Å². The molecule has 0 aliphatic carbocycles. The van der Waals surface area contributed by atoms with E-state index in [-0.39, 0.29) is 24.5 Å². The van der Waals surface area contributed by atoms with Gasteiger partial charge in [0, 0.05) is 19.2 Å². The fourth-order valence-electron chi connectivity index (χ4n) is 4.65. The zero-order valence-electron chi connectivity index (χ0n) is 22.6. The fourth-order valence-corrected chi connectivity index (χ4v) is 4.65. The van der Waals surface area contributed by atoms with Crippen LogP contribution < -0.4 is 14.2 Å². The number of rotatable bonds is 11. The second-order valence-corrected chi connectivity index (χ2v) is 9.08. The molecule has 1 aliphatic rings. The Morgan fingerprint density at radius 2 is 1.72 bits per heavy atom. The molecule has 3 aromatic carbocycles. The first-order chi connectivity index (χ1) is 18.9. The molecule has 1 aliphatic heterocycles. The summed E-state index contributed by atoms with van der Waals surface area (Å²) < 4.78 is 22.2. The minimum absolute atomic E-state index is 0.00312. The van der Waals surface area contributed by atoms with E-state index < -0.39 is 17.7 Å². The predicted octanol–water partition coefficient (Wildman–Crippen LogP) is 5.05. The standard InChI is InChI=1S/C31H33NO7/c1-5-38-25-14-11-22(18-26(25)37-4)28-27(30(34)31(35)32(28)15-16-36-3)29(33)24-13-12-23(17-20(24)2)39-19-21-9-7-6-8-10-21/h6-14,17-18,28,33H,5,15-16,19H2,1-4H3/b29-27+. The van der Waals surface area contributed by atoms with Gasteiger partial charge < -0.3 is 29.0 Å². The number of aliphatic hydroxyl groups is 1. The molecule has 0 radical (unpaired) electrons. The first kappa shape index (κ1) is 27.7. The molecule has 1 saturated heterocycles. The average molecular weight is 532 g/mol. The number of ether oxygens (including phenoxy) is 4. The molecular formula is C31H33NO7. The van der Waals surface area contributed by atoms with Crippen molar-refractivity contribution < 1.29 is 33.6 Å². The van der Waals surface area contributed by atoms with Gasteiger partial charge in [-0.2, -0.15) is 0 Å². The molecule has 39 heavy (non-hydrogen) atoms. The van der Waals surface area contributed by atoms with Crippen LogP contribution in [0.1, 0.15) is 35.2 Å². The molecule has 0 aromatic heterocycles. The highest BCUT2D eigenvalue weighted by Crippen LogP contribution is 2.42. The molecule has 1 fully saturated rings. The van der Waals surface area contributed by atoms with Gasteiger partial charge >= 0.3 is 0 Å². The van der Waals surface area contributed by atoms with Gasteiger partial charge in [0.1, 0.15) is 18.1 Å². The highest BCUT2D eigenvalue weighted by atomic mass is 16.5. The largest absolute Gasteiger partial charge is 0.507 e. The number of ketones is 1. The molecule has 8 heteroatoms. The van der Waals surface area contributed by atoms with Crippen molar-refractivity contribution in [3.8, 4) is 17.2 Å². The summed E-state index contributed by atoms with van der Waals surface area (Å²) in [5.41, 5.74) is 2.78. The van der Waals surface area contributed by atoms with E-state index in [9.17, 15) is 14.7 Å². The topological polar surface area (TPSA) is 94.5 Å². The zero-order chi connectivity index (χ0) is 27.9. The molecule has 1 heterocycles. The van der Waals surface area contributed by atoms with Crippen LogP contribution in [-0.4, -0.2) is 55.7 Å². The number of hydrogen-bond acceptors (Lipinski definition) is 7. The van der Waals surface area contributed by atoms with E-state index in [1.54, 1.807) is 36.4 Å². The van der Waals surface area contributed by atoms with Crippen molar-refractivity contribution in [3.05, 3.63) is 94.6 Å². The van der Waals surface area contributed by atoms with Gasteiger partial charge in [0.15, 0.2) is 11.5 Å². The average Bonchev–Trinajstić information content (AvgIpc) is 3.20. The Labute approximate surface area is 228 Å². The van der Waals surface area contributed by atoms with Crippen LogP contribution in [0.2, 0.25) is 0 Å². The molecular weight excluding hydrogens is 498 g/mol. The number of carbonyl (C=O) groups excluding carboxylic acids is 2. The number of likely N-dealkylation sites (tertiary alicyclic amines) is 1.